The van der Waals surface area contributed by atoms with Crippen molar-refractivity contribution in [2.45, 2.75) is 24.7 Å². The zero-order valence-corrected chi connectivity index (χ0v) is 17.3. The summed E-state index contributed by atoms with van der Waals surface area (Å²) in [5.41, 5.74) is 2.20. The number of carbonyl (C=O) groups is 1. The van der Waals surface area contributed by atoms with Crippen molar-refractivity contribution in [1.82, 2.24) is 4.31 Å². The Morgan fingerprint density at radius 3 is 2.48 bits per heavy atom. The second-order valence-electron chi connectivity index (χ2n) is 6.27. The maximum Gasteiger partial charge on any atom is 0.242 e. The molecule has 0 saturated heterocycles. The average Bonchev–Trinajstić information content (AvgIpc) is 2.62. The monoisotopic (exact) mass is 410 g/mol. The molecule has 6 nitrogen and oxygen atoms in total. The fourth-order valence-electron chi connectivity index (χ4n) is 2.46. The second-order valence-corrected chi connectivity index (χ2v) is 8.83. The van der Waals surface area contributed by atoms with Gasteiger partial charge in [-0.05, 0) is 54.8 Å². The number of methoxy groups -OCH3 is 1. The Bertz CT molecular complexity index is 943. The van der Waals surface area contributed by atoms with E-state index in [1.54, 1.807) is 24.3 Å². The largest absolute Gasteiger partial charge is 0.496 e. The maximum absolute atomic E-state index is 12.3. The quantitative estimate of drug-likeness (QED) is 0.758. The van der Waals surface area contributed by atoms with Crippen molar-refractivity contribution >= 4 is 33.2 Å². The summed E-state index contributed by atoms with van der Waals surface area (Å²) in [6.45, 7) is 1.88. The predicted octanol–water partition coefficient (Wildman–Crippen LogP) is 3.48. The molecule has 0 bridgehead atoms. The SMILES string of the molecule is COc1ccc(S(=O)(=O)N(C)C)cc1CCC(=O)Nc1ccc(C)c(Cl)c1. The van der Waals surface area contributed by atoms with Gasteiger partial charge in [0, 0.05) is 31.2 Å². The number of aryl methyl sites for hydroxylation is 2. The molecule has 146 valence electrons. The normalized spacial score (nSPS) is 11.5. The van der Waals surface area contributed by atoms with Crippen molar-refractivity contribution < 1.29 is 17.9 Å². The van der Waals surface area contributed by atoms with Gasteiger partial charge in [0.25, 0.3) is 0 Å². The van der Waals surface area contributed by atoms with Crippen LogP contribution in [0.5, 0.6) is 5.75 Å². The van der Waals surface area contributed by atoms with Crippen molar-refractivity contribution in [3.05, 3.63) is 52.5 Å². The number of hydrogen-bond donors (Lipinski definition) is 1. The van der Waals surface area contributed by atoms with Crippen LogP contribution in [0, 0.1) is 6.92 Å². The topological polar surface area (TPSA) is 75.7 Å². The zero-order chi connectivity index (χ0) is 20.2. The van der Waals surface area contributed by atoms with Gasteiger partial charge in [0.1, 0.15) is 5.75 Å². The van der Waals surface area contributed by atoms with Gasteiger partial charge in [-0.3, -0.25) is 4.79 Å². The lowest BCUT2D eigenvalue weighted by molar-refractivity contribution is -0.116. The van der Waals surface area contributed by atoms with Crippen LogP contribution in [0.4, 0.5) is 5.69 Å². The van der Waals surface area contributed by atoms with Crippen LogP contribution in [0.25, 0.3) is 0 Å². The highest BCUT2D eigenvalue weighted by Gasteiger charge is 2.19. The molecule has 0 fully saturated rings. The molecule has 0 spiro atoms. The summed E-state index contributed by atoms with van der Waals surface area (Å²) in [5, 5.41) is 3.37. The third kappa shape index (κ3) is 5.22. The number of halogens is 1. The minimum atomic E-state index is -3.56. The van der Waals surface area contributed by atoms with E-state index in [2.05, 4.69) is 5.32 Å². The minimum absolute atomic E-state index is 0.161. The average molecular weight is 411 g/mol. The minimum Gasteiger partial charge on any atom is -0.496 e. The molecule has 0 heterocycles. The number of benzene rings is 2. The van der Waals surface area contributed by atoms with E-state index in [4.69, 9.17) is 16.3 Å². The molecule has 0 radical (unpaired) electrons. The molecule has 27 heavy (non-hydrogen) atoms. The molecular formula is C19H23ClN2O4S. The van der Waals surface area contributed by atoms with Crippen molar-refractivity contribution in [3.8, 4) is 5.75 Å². The molecule has 1 amide bonds. The number of anilines is 1. The number of amides is 1. The number of rotatable bonds is 7. The van der Waals surface area contributed by atoms with E-state index in [0.29, 0.717) is 28.4 Å². The highest BCUT2D eigenvalue weighted by Crippen LogP contribution is 2.25. The Labute approximate surface area is 165 Å². The Balaban J connectivity index is 2.13. The van der Waals surface area contributed by atoms with Gasteiger partial charge < -0.3 is 10.1 Å². The molecule has 1 N–H and O–H groups in total. The standard InChI is InChI=1S/C19H23ClN2O4S/c1-13-5-7-15(12-17(13)20)21-19(23)10-6-14-11-16(8-9-18(14)26-4)27(24,25)22(2)3/h5,7-9,11-12H,6,10H2,1-4H3,(H,21,23). The van der Waals surface area contributed by atoms with E-state index in [1.165, 1.54) is 27.3 Å². The molecule has 2 aromatic rings. The van der Waals surface area contributed by atoms with Gasteiger partial charge in [-0.15, -0.1) is 0 Å². The lowest BCUT2D eigenvalue weighted by Crippen LogP contribution is -2.22. The Kier molecular flexibility index (Phi) is 6.86. The first-order valence-corrected chi connectivity index (χ1v) is 10.1. The number of ether oxygens (including phenoxy) is 1. The molecule has 0 aliphatic heterocycles. The van der Waals surface area contributed by atoms with Gasteiger partial charge in [0.05, 0.1) is 12.0 Å². The number of nitrogens with one attached hydrogen (secondary N) is 1. The molecule has 0 atom stereocenters. The highest BCUT2D eigenvalue weighted by atomic mass is 35.5. The first-order chi connectivity index (χ1) is 12.6. The van der Waals surface area contributed by atoms with E-state index in [9.17, 15) is 13.2 Å². The lowest BCUT2D eigenvalue weighted by atomic mass is 10.1. The van der Waals surface area contributed by atoms with Crippen LogP contribution in [0.1, 0.15) is 17.5 Å². The van der Waals surface area contributed by atoms with Crippen LogP contribution in [-0.4, -0.2) is 39.8 Å². The fraction of sp³-hybridized carbons (Fsp3) is 0.316. The van der Waals surface area contributed by atoms with E-state index < -0.39 is 10.0 Å². The third-order valence-electron chi connectivity index (χ3n) is 4.11. The number of nitrogens with zero attached hydrogens (tertiary/aromatic N) is 1. The van der Waals surface area contributed by atoms with E-state index in [-0.39, 0.29) is 17.2 Å². The van der Waals surface area contributed by atoms with Gasteiger partial charge >= 0.3 is 0 Å². The van der Waals surface area contributed by atoms with Crippen molar-refractivity contribution in [2.24, 2.45) is 0 Å². The fourth-order valence-corrected chi connectivity index (χ4v) is 3.60. The van der Waals surface area contributed by atoms with Crippen molar-refractivity contribution in [2.75, 3.05) is 26.5 Å². The molecule has 0 aliphatic rings. The molecular weight excluding hydrogens is 388 g/mol. The molecule has 0 aliphatic carbocycles. The van der Waals surface area contributed by atoms with Crippen LogP contribution in [0.15, 0.2) is 41.3 Å². The molecule has 2 rings (SSSR count). The van der Waals surface area contributed by atoms with Crippen molar-refractivity contribution in [1.29, 1.82) is 0 Å². The first-order valence-electron chi connectivity index (χ1n) is 8.30. The highest BCUT2D eigenvalue weighted by molar-refractivity contribution is 7.89. The number of sulfonamides is 1. The molecule has 2 aromatic carbocycles. The van der Waals surface area contributed by atoms with Gasteiger partial charge in [-0.1, -0.05) is 17.7 Å². The zero-order valence-electron chi connectivity index (χ0n) is 15.7. The van der Waals surface area contributed by atoms with Crippen molar-refractivity contribution in [3.63, 3.8) is 0 Å². The smallest absolute Gasteiger partial charge is 0.242 e. The van der Waals surface area contributed by atoms with Gasteiger partial charge in [0.2, 0.25) is 15.9 Å². The number of carbonyl (C=O) groups excluding carboxylic acids is 1. The van der Waals surface area contributed by atoms with Crippen LogP contribution < -0.4 is 10.1 Å². The second kappa shape index (κ2) is 8.73. The van der Waals surface area contributed by atoms with E-state index in [1.807, 2.05) is 13.0 Å². The third-order valence-corrected chi connectivity index (χ3v) is 6.33. The van der Waals surface area contributed by atoms with Gasteiger partial charge in [-0.2, -0.15) is 0 Å². The predicted molar refractivity (Wildman–Crippen MR) is 107 cm³/mol. The molecule has 0 saturated carbocycles. The van der Waals surface area contributed by atoms with Crippen LogP contribution in [-0.2, 0) is 21.2 Å². The molecule has 8 heteroatoms. The summed E-state index contributed by atoms with van der Waals surface area (Å²) in [5.74, 6) is 0.344. The number of hydrogen-bond acceptors (Lipinski definition) is 4. The molecule has 0 aromatic heterocycles. The van der Waals surface area contributed by atoms with E-state index in [0.717, 1.165) is 9.87 Å². The summed E-state index contributed by atoms with van der Waals surface area (Å²) in [6.07, 6.45) is 0.513. The van der Waals surface area contributed by atoms with Crippen LogP contribution >= 0.6 is 11.6 Å². The summed E-state index contributed by atoms with van der Waals surface area (Å²) >= 11 is 6.07. The van der Waals surface area contributed by atoms with Gasteiger partial charge in [0.15, 0.2) is 0 Å². The summed E-state index contributed by atoms with van der Waals surface area (Å²) in [4.78, 5) is 12.4. The molecule has 0 unspecified atom stereocenters. The van der Waals surface area contributed by atoms with Crippen LogP contribution in [0.3, 0.4) is 0 Å². The maximum atomic E-state index is 12.3. The summed E-state index contributed by atoms with van der Waals surface area (Å²) < 4.78 is 31.1. The van der Waals surface area contributed by atoms with Gasteiger partial charge in [-0.25, -0.2) is 12.7 Å². The Morgan fingerprint density at radius 2 is 1.89 bits per heavy atom. The summed E-state index contributed by atoms with van der Waals surface area (Å²) in [7, 11) is 0.893. The Morgan fingerprint density at radius 1 is 1.19 bits per heavy atom. The lowest BCUT2D eigenvalue weighted by Gasteiger charge is -2.14. The summed E-state index contributed by atoms with van der Waals surface area (Å²) in [6, 6.07) is 9.94. The van der Waals surface area contributed by atoms with Crippen LogP contribution in [0.2, 0.25) is 5.02 Å². The first kappa shape index (κ1) is 21.2. The Hall–Kier alpha value is -2.09. The van der Waals surface area contributed by atoms with E-state index >= 15 is 0 Å².